The highest BCUT2D eigenvalue weighted by Gasteiger charge is 2.29. The molecule has 25 heavy (non-hydrogen) atoms. The molecule has 2 aromatic rings. The fourth-order valence-electron chi connectivity index (χ4n) is 3.17. The van der Waals surface area contributed by atoms with Crippen molar-refractivity contribution in [2.45, 2.75) is 45.1 Å². The Kier molecular flexibility index (Phi) is 4.54. The quantitative estimate of drug-likeness (QED) is 0.846. The number of ether oxygens (including phenoxy) is 1. The lowest BCUT2D eigenvalue weighted by Gasteiger charge is -2.33. The van der Waals surface area contributed by atoms with Crippen molar-refractivity contribution in [1.29, 1.82) is 0 Å². The SMILES string of the molecule is CC(C)(C)OC(=O)N1CCC(c2nc3ccc(F)cc3cc2N)CC1. The number of nitrogens with two attached hydrogens (primary N) is 1. The molecule has 3 rings (SSSR count). The minimum atomic E-state index is -0.493. The molecular weight excluding hydrogens is 321 g/mol. The number of fused-ring (bicyclic) bond motifs is 1. The van der Waals surface area contributed by atoms with Crippen LogP contribution >= 0.6 is 0 Å². The van der Waals surface area contributed by atoms with Gasteiger partial charge in [0, 0.05) is 24.4 Å². The molecule has 0 aliphatic carbocycles. The fraction of sp³-hybridized carbons (Fsp3) is 0.474. The number of piperidine rings is 1. The van der Waals surface area contributed by atoms with Crippen LogP contribution in [0.1, 0.15) is 45.2 Å². The third-order valence-electron chi connectivity index (χ3n) is 4.37. The Bertz CT molecular complexity index is 793. The summed E-state index contributed by atoms with van der Waals surface area (Å²) >= 11 is 0. The Morgan fingerprint density at radius 3 is 2.60 bits per heavy atom. The van der Waals surface area contributed by atoms with Gasteiger partial charge < -0.3 is 15.4 Å². The van der Waals surface area contributed by atoms with E-state index >= 15 is 0 Å². The normalized spacial score (nSPS) is 16.2. The van der Waals surface area contributed by atoms with Crippen LogP contribution in [0.5, 0.6) is 0 Å². The number of amides is 1. The van der Waals surface area contributed by atoms with E-state index in [1.54, 1.807) is 17.0 Å². The maximum Gasteiger partial charge on any atom is 0.410 e. The van der Waals surface area contributed by atoms with Gasteiger partial charge in [-0.2, -0.15) is 0 Å². The Balaban J connectivity index is 1.73. The van der Waals surface area contributed by atoms with E-state index < -0.39 is 5.60 Å². The van der Waals surface area contributed by atoms with Crippen LogP contribution in [-0.4, -0.2) is 34.7 Å². The molecule has 2 heterocycles. The number of nitrogens with zero attached hydrogens (tertiary/aromatic N) is 2. The molecule has 0 bridgehead atoms. The molecule has 6 heteroatoms. The molecular formula is C19H24FN3O2. The van der Waals surface area contributed by atoms with Gasteiger partial charge in [-0.05, 0) is 57.9 Å². The summed E-state index contributed by atoms with van der Waals surface area (Å²) in [5.74, 6) is -0.111. The lowest BCUT2D eigenvalue weighted by molar-refractivity contribution is 0.0204. The minimum absolute atomic E-state index is 0.188. The number of carbonyl (C=O) groups excluding carboxylic acids is 1. The third kappa shape index (κ3) is 4.00. The molecule has 1 aromatic heterocycles. The van der Waals surface area contributed by atoms with Crippen molar-refractivity contribution in [2.24, 2.45) is 0 Å². The van der Waals surface area contributed by atoms with E-state index in [2.05, 4.69) is 4.98 Å². The molecule has 0 unspecified atom stereocenters. The second-order valence-electron chi connectivity index (χ2n) is 7.54. The van der Waals surface area contributed by atoms with Crippen molar-refractivity contribution in [3.8, 4) is 0 Å². The molecule has 1 fully saturated rings. The van der Waals surface area contributed by atoms with E-state index in [1.165, 1.54) is 12.1 Å². The first-order valence-corrected chi connectivity index (χ1v) is 8.56. The van der Waals surface area contributed by atoms with Gasteiger partial charge in [0.2, 0.25) is 0 Å². The van der Waals surface area contributed by atoms with E-state index in [9.17, 15) is 9.18 Å². The summed E-state index contributed by atoms with van der Waals surface area (Å²) in [6.07, 6.45) is 1.28. The summed E-state index contributed by atoms with van der Waals surface area (Å²) in [4.78, 5) is 18.5. The average molecular weight is 345 g/mol. The molecule has 5 nitrogen and oxygen atoms in total. The molecule has 2 N–H and O–H groups in total. The number of aromatic nitrogens is 1. The number of carbonyl (C=O) groups is 1. The van der Waals surface area contributed by atoms with Crippen molar-refractivity contribution in [1.82, 2.24) is 9.88 Å². The second-order valence-corrected chi connectivity index (χ2v) is 7.54. The van der Waals surface area contributed by atoms with Gasteiger partial charge >= 0.3 is 6.09 Å². The van der Waals surface area contributed by atoms with Gasteiger partial charge in [0.25, 0.3) is 0 Å². The zero-order valence-corrected chi connectivity index (χ0v) is 14.9. The highest BCUT2D eigenvalue weighted by atomic mass is 19.1. The van der Waals surface area contributed by atoms with Crippen LogP contribution in [0.15, 0.2) is 24.3 Å². The molecule has 1 aromatic carbocycles. The van der Waals surface area contributed by atoms with Gasteiger partial charge in [-0.25, -0.2) is 9.18 Å². The van der Waals surface area contributed by atoms with Crippen LogP contribution in [0.3, 0.4) is 0 Å². The first-order chi connectivity index (χ1) is 11.7. The van der Waals surface area contributed by atoms with Crippen LogP contribution in [0.4, 0.5) is 14.9 Å². The van der Waals surface area contributed by atoms with Crippen LogP contribution in [0.2, 0.25) is 0 Å². The monoisotopic (exact) mass is 345 g/mol. The molecule has 0 atom stereocenters. The molecule has 1 aliphatic heterocycles. The number of pyridine rings is 1. The number of rotatable bonds is 1. The Labute approximate surface area is 147 Å². The van der Waals surface area contributed by atoms with Crippen LogP contribution in [0.25, 0.3) is 10.9 Å². The molecule has 1 aliphatic rings. The standard InChI is InChI=1S/C19H24FN3O2/c1-19(2,3)25-18(24)23-8-6-12(7-9-23)17-15(21)11-13-10-14(20)4-5-16(13)22-17/h4-5,10-12H,6-9,21H2,1-3H3. The maximum atomic E-state index is 13.3. The first-order valence-electron chi connectivity index (χ1n) is 8.56. The number of nitrogen functional groups attached to an aromatic ring is 1. The summed E-state index contributed by atoms with van der Waals surface area (Å²) in [5, 5.41) is 0.701. The molecule has 1 amide bonds. The van der Waals surface area contributed by atoms with Crippen molar-refractivity contribution in [2.75, 3.05) is 18.8 Å². The van der Waals surface area contributed by atoms with Crippen LogP contribution in [0, 0.1) is 5.82 Å². The summed E-state index contributed by atoms with van der Waals surface area (Å²) in [5.41, 5.74) is 7.81. The predicted molar refractivity (Wildman–Crippen MR) is 95.9 cm³/mol. The summed E-state index contributed by atoms with van der Waals surface area (Å²) < 4.78 is 18.8. The van der Waals surface area contributed by atoms with Crippen molar-refractivity contribution in [3.63, 3.8) is 0 Å². The van der Waals surface area contributed by atoms with Crippen molar-refractivity contribution >= 4 is 22.7 Å². The lowest BCUT2D eigenvalue weighted by Crippen LogP contribution is -2.41. The lowest BCUT2D eigenvalue weighted by atomic mass is 9.92. The molecule has 0 spiro atoms. The van der Waals surface area contributed by atoms with Crippen molar-refractivity contribution < 1.29 is 13.9 Å². The highest BCUT2D eigenvalue weighted by molar-refractivity contribution is 5.82. The Morgan fingerprint density at radius 1 is 1.28 bits per heavy atom. The number of hydrogen-bond acceptors (Lipinski definition) is 4. The van der Waals surface area contributed by atoms with Gasteiger partial charge in [0.05, 0.1) is 16.9 Å². The van der Waals surface area contributed by atoms with Crippen molar-refractivity contribution in [3.05, 3.63) is 35.8 Å². The van der Waals surface area contributed by atoms with Gasteiger partial charge in [0.1, 0.15) is 11.4 Å². The summed E-state index contributed by atoms with van der Waals surface area (Å²) in [6.45, 7) is 6.81. The highest BCUT2D eigenvalue weighted by Crippen LogP contribution is 2.32. The number of hydrogen-bond donors (Lipinski definition) is 1. The topological polar surface area (TPSA) is 68.5 Å². The van der Waals surface area contributed by atoms with Gasteiger partial charge in [-0.3, -0.25) is 4.98 Å². The van der Waals surface area contributed by atoms with Gasteiger partial charge in [0.15, 0.2) is 0 Å². The van der Waals surface area contributed by atoms with E-state index in [0.717, 1.165) is 24.1 Å². The fourth-order valence-corrected chi connectivity index (χ4v) is 3.17. The van der Waals surface area contributed by atoms with Gasteiger partial charge in [-0.1, -0.05) is 0 Å². The van der Waals surface area contributed by atoms with E-state index in [4.69, 9.17) is 10.5 Å². The molecule has 0 radical (unpaired) electrons. The average Bonchev–Trinajstić information content (AvgIpc) is 2.52. The molecule has 1 saturated heterocycles. The van der Waals surface area contributed by atoms with Gasteiger partial charge in [-0.15, -0.1) is 0 Å². The largest absolute Gasteiger partial charge is 0.444 e. The number of benzene rings is 1. The number of halogens is 1. The zero-order chi connectivity index (χ0) is 18.2. The predicted octanol–water partition coefficient (Wildman–Crippen LogP) is 4.07. The number of likely N-dealkylation sites (tertiary alicyclic amines) is 1. The molecule has 0 saturated carbocycles. The Morgan fingerprint density at radius 2 is 1.96 bits per heavy atom. The first kappa shape index (κ1) is 17.5. The third-order valence-corrected chi connectivity index (χ3v) is 4.37. The Hall–Kier alpha value is -2.37. The maximum absolute atomic E-state index is 13.3. The summed E-state index contributed by atoms with van der Waals surface area (Å²) in [6, 6.07) is 6.29. The van der Waals surface area contributed by atoms with Crippen LogP contribution < -0.4 is 5.73 Å². The molecule has 134 valence electrons. The number of anilines is 1. The minimum Gasteiger partial charge on any atom is -0.444 e. The summed E-state index contributed by atoms with van der Waals surface area (Å²) in [7, 11) is 0. The smallest absolute Gasteiger partial charge is 0.410 e. The van der Waals surface area contributed by atoms with Crippen LogP contribution in [-0.2, 0) is 4.74 Å². The second kappa shape index (κ2) is 6.50. The van der Waals surface area contributed by atoms with E-state index in [-0.39, 0.29) is 17.8 Å². The van der Waals surface area contributed by atoms with E-state index in [0.29, 0.717) is 24.2 Å². The zero-order valence-electron chi connectivity index (χ0n) is 14.9. The van der Waals surface area contributed by atoms with E-state index in [1.807, 2.05) is 20.8 Å².